The van der Waals surface area contributed by atoms with E-state index in [1.165, 1.54) is 5.32 Å². The van der Waals surface area contributed by atoms with Crippen molar-refractivity contribution in [3.63, 3.8) is 0 Å². The third-order valence-electron chi connectivity index (χ3n) is 4.93. The molecule has 0 fully saturated rings. The molecule has 2 aromatic rings. The summed E-state index contributed by atoms with van der Waals surface area (Å²) in [5, 5.41) is 39.9. The lowest BCUT2D eigenvalue weighted by Gasteiger charge is -2.18. The molecule has 5 N–H and O–H groups in total. The van der Waals surface area contributed by atoms with Crippen molar-refractivity contribution in [3.8, 4) is 34.1 Å². The van der Waals surface area contributed by atoms with Gasteiger partial charge in [0, 0.05) is 17.2 Å². The Bertz CT molecular complexity index is 1260. The largest absolute Gasteiger partial charge is 0.573 e. The number of ether oxygens (including phenoxy) is 1. The summed E-state index contributed by atoms with van der Waals surface area (Å²) in [4.78, 5) is 23.5. The summed E-state index contributed by atoms with van der Waals surface area (Å²) in [6, 6.07) is 0.0561. The van der Waals surface area contributed by atoms with E-state index in [1.807, 2.05) is 13.8 Å². The van der Waals surface area contributed by atoms with E-state index in [9.17, 15) is 55.6 Å². The molecule has 0 spiro atoms. The molecule has 1 amide bonds. The first-order chi connectivity index (χ1) is 17.2. The molecule has 8 nitrogen and oxygen atoms in total. The Morgan fingerprint density at radius 1 is 0.865 bits per heavy atom. The molecule has 2 aromatic carbocycles. The predicted octanol–water partition coefficient (Wildman–Crippen LogP) is 5.46. The van der Waals surface area contributed by atoms with Gasteiger partial charge in [0.25, 0.3) is 5.91 Å². The van der Waals surface area contributed by atoms with Crippen LogP contribution < -0.4 is 10.1 Å². The van der Waals surface area contributed by atoms with Crippen LogP contribution >= 0.6 is 0 Å². The van der Waals surface area contributed by atoms with Gasteiger partial charge in [0.2, 0.25) is 5.75 Å². The number of rotatable bonds is 5. The molecule has 0 atom stereocenters. The number of phenolic OH excluding ortho intramolecular Hbond substituents is 3. The third kappa shape index (κ3) is 5.65. The van der Waals surface area contributed by atoms with E-state index in [0.29, 0.717) is 0 Å². The van der Waals surface area contributed by atoms with Gasteiger partial charge in [-0.3, -0.25) is 4.79 Å². The van der Waals surface area contributed by atoms with Gasteiger partial charge in [-0.25, -0.2) is 22.4 Å². The standard InChI is InChI=1S/C20H12F7NO7.C2H6/c21-11-10(9-7(29)4-8(30)17(16(9)31)35-20(25,26)27)12(22)14(24)15(13(11)23)28-18(32)5-2-1-3-6(5)19(33)34;1-2/h4,29-31H,1-3H2,(H,28,32)(H,33,34);1-2H3. The number of carbonyl (C=O) groups excluding carboxylic acids is 1. The Kier molecular flexibility index (Phi) is 8.51. The Morgan fingerprint density at radius 2 is 1.38 bits per heavy atom. The molecule has 0 saturated heterocycles. The van der Waals surface area contributed by atoms with E-state index in [-0.39, 0.29) is 30.9 Å². The van der Waals surface area contributed by atoms with Gasteiger partial charge in [-0.1, -0.05) is 13.8 Å². The van der Waals surface area contributed by atoms with Crippen molar-refractivity contribution in [1.29, 1.82) is 0 Å². The Labute approximate surface area is 203 Å². The minimum absolute atomic E-state index is 0.0492. The summed E-state index contributed by atoms with van der Waals surface area (Å²) >= 11 is 0. The summed E-state index contributed by atoms with van der Waals surface area (Å²) in [6.07, 6.45) is -5.50. The van der Waals surface area contributed by atoms with Gasteiger partial charge in [-0.05, 0) is 19.3 Å². The average molecular weight is 541 g/mol. The third-order valence-corrected chi connectivity index (χ3v) is 4.93. The van der Waals surface area contributed by atoms with Crippen molar-refractivity contribution >= 4 is 17.6 Å². The molecule has 0 aromatic heterocycles. The van der Waals surface area contributed by atoms with E-state index >= 15 is 0 Å². The minimum atomic E-state index is -5.55. The fraction of sp³-hybridized carbons (Fsp3) is 0.273. The number of carboxylic acids is 1. The summed E-state index contributed by atoms with van der Waals surface area (Å²) in [6.45, 7) is 4.00. The lowest BCUT2D eigenvalue weighted by molar-refractivity contribution is -0.275. The zero-order chi connectivity index (χ0) is 28.4. The topological polar surface area (TPSA) is 136 Å². The Balaban J connectivity index is 0.00000235. The Morgan fingerprint density at radius 3 is 1.86 bits per heavy atom. The van der Waals surface area contributed by atoms with E-state index in [4.69, 9.17) is 5.11 Å². The molecule has 202 valence electrons. The second kappa shape index (κ2) is 10.8. The van der Waals surface area contributed by atoms with E-state index < -0.39 is 86.9 Å². The number of benzene rings is 2. The number of aromatic hydroxyl groups is 3. The summed E-state index contributed by atoms with van der Waals surface area (Å²) in [7, 11) is 0. The quantitative estimate of drug-likeness (QED) is 0.251. The zero-order valence-corrected chi connectivity index (χ0v) is 18.9. The SMILES string of the molecule is CC.O=C(O)C1=C(C(=O)Nc2c(F)c(F)c(-c3c(O)cc(O)c(OC(F)(F)F)c3O)c(F)c2F)CCC1. The van der Waals surface area contributed by atoms with Crippen LogP contribution in [0, 0.1) is 23.3 Å². The highest BCUT2D eigenvalue weighted by atomic mass is 19.4. The average Bonchev–Trinajstić information content (AvgIpc) is 3.31. The van der Waals surface area contributed by atoms with Crippen molar-refractivity contribution in [1.82, 2.24) is 0 Å². The molecule has 1 aliphatic rings. The highest BCUT2D eigenvalue weighted by Gasteiger charge is 2.37. The zero-order valence-electron chi connectivity index (χ0n) is 18.9. The number of hydrogen-bond acceptors (Lipinski definition) is 6. The fourth-order valence-electron chi connectivity index (χ4n) is 3.47. The smallest absolute Gasteiger partial charge is 0.507 e. The number of hydrogen-bond donors (Lipinski definition) is 5. The number of aliphatic carboxylic acids is 1. The van der Waals surface area contributed by atoms with Crippen LogP contribution in [-0.4, -0.2) is 38.7 Å². The monoisotopic (exact) mass is 541 g/mol. The fourth-order valence-corrected chi connectivity index (χ4v) is 3.47. The van der Waals surface area contributed by atoms with Crippen molar-refractivity contribution in [2.75, 3.05) is 5.32 Å². The number of carboxylic acid groups (broad SMARTS) is 1. The molecule has 37 heavy (non-hydrogen) atoms. The molecule has 0 heterocycles. The van der Waals surface area contributed by atoms with Gasteiger partial charge < -0.3 is 30.5 Å². The minimum Gasteiger partial charge on any atom is -0.507 e. The van der Waals surface area contributed by atoms with Crippen LogP contribution in [0.2, 0.25) is 0 Å². The summed E-state index contributed by atoms with van der Waals surface area (Å²) in [5.41, 5.74) is -5.99. The normalized spacial score (nSPS) is 13.2. The molecular formula is C22H18F7NO7. The molecular weight excluding hydrogens is 523 g/mol. The van der Waals surface area contributed by atoms with Crippen LogP contribution in [0.25, 0.3) is 11.1 Å². The first-order valence-electron chi connectivity index (χ1n) is 10.3. The Hall–Kier alpha value is -4.17. The van der Waals surface area contributed by atoms with Crippen molar-refractivity contribution in [3.05, 3.63) is 40.5 Å². The number of anilines is 1. The van der Waals surface area contributed by atoms with E-state index in [2.05, 4.69) is 4.74 Å². The second-order valence-electron chi connectivity index (χ2n) is 7.09. The highest BCUT2D eigenvalue weighted by molar-refractivity contribution is 6.09. The molecule has 0 saturated carbocycles. The van der Waals surface area contributed by atoms with Crippen LogP contribution in [0.4, 0.5) is 36.4 Å². The number of amides is 1. The molecule has 0 aliphatic heterocycles. The van der Waals surface area contributed by atoms with Crippen LogP contribution in [0.1, 0.15) is 33.1 Å². The van der Waals surface area contributed by atoms with Gasteiger partial charge in [-0.15, -0.1) is 13.2 Å². The van der Waals surface area contributed by atoms with Gasteiger partial charge in [0.15, 0.2) is 34.8 Å². The second-order valence-corrected chi connectivity index (χ2v) is 7.09. The maximum atomic E-state index is 14.8. The number of nitrogens with one attached hydrogen (secondary N) is 1. The van der Waals surface area contributed by atoms with Crippen LogP contribution in [0.15, 0.2) is 17.2 Å². The number of alkyl halides is 3. The van der Waals surface area contributed by atoms with Crippen LogP contribution in [0.3, 0.4) is 0 Å². The first kappa shape index (κ1) is 29.1. The maximum Gasteiger partial charge on any atom is 0.573 e. The predicted molar refractivity (Wildman–Crippen MR) is 112 cm³/mol. The molecule has 0 bridgehead atoms. The van der Waals surface area contributed by atoms with Crippen LogP contribution in [-0.2, 0) is 9.59 Å². The lowest BCUT2D eigenvalue weighted by atomic mass is 9.99. The number of phenols is 3. The van der Waals surface area contributed by atoms with Crippen molar-refractivity contribution < 1.29 is 65.5 Å². The highest BCUT2D eigenvalue weighted by Crippen LogP contribution is 2.52. The summed E-state index contributed by atoms with van der Waals surface area (Å²) < 4.78 is 99.8. The van der Waals surface area contributed by atoms with Crippen molar-refractivity contribution in [2.45, 2.75) is 39.5 Å². The van der Waals surface area contributed by atoms with Crippen LogP contribution in [0.5, 0.6) is 23.0 Å². The molecule has 0 radical (unpaired) electrons. The molecule has 3 rings (SSSR count). The number of carbonyl (C=O) groups is 2. The maximum absolute atomic E-state index is 14.8. The van der Waals surface area contributed by atoms with Gasteiger partial charge in [0.05, 0.1) is 11.1 Å². The lowest BCUT2D eigenvalue weighted by Crippen LogP contribution is -2.19. The molecule has 15 heteroatoms. The van der Waals surface area contributed by atoms with E-state index in [0.717, 1.165) is 0 Å². The molecule has 1 aliphatic carbocycles. The van der Waals surface area contributed by atoms with Crippen molar-refractivity contribution in [2.24, 2.45) is 0 Å². The first-order valence-corrected chi connectivity index (χ1v) is 10.3. The van der Waals surface area contributed by atoms with Gasteiger partial charge in [0.1, 0.15) is 11.4 Å². The van der Waals surface area contributed by atoms with Gasteiger partial charge >= 0.3 is 12.3 Å². The van der Waals surface area contributed by atoms with Gasteiger partial charge in [-0.2, -0.15) is 0 Å². The summed E-state index contributed by atoms with van der Waals surface area (Å²) in [5.74, 6) is -19.0. The van der Waals surface area contributed by atoms with E-state index in [1.54, 1.807) is 0 Å². The number of halogens is 7. The molecule has 0 unspecified atom stereocenters.